The minimum Gasteiger partial charge on any atom is -0.466 e. The van der Waals surface area contributed by atoms with E-state index < -0.39 is 0 Å². The number of rotatable bonds is 2. The Morgan fingerprint density at radius 3 is 2.64 bits per heavy atom. The second-order valence-electron chi connectivity index (χ2n) is 2.23. The van der Waals surface area contributed by atoms with Gasteiger partial charge in [0.1, 0.15) is 0 Å². The van der Waals surface area contributed by atoms with Crippen LogP contribution in [-0.4, -0.2) is 13.1 Å². The van der Waals surface area contributed by atoms with Crippen LogP contribution >= 0.6 is 0 Å². The zero-order valence-corrected chi connectivity index (χ0v) is 6.36. The standard InChI is InChI=1S/C9H10O2/c1-11-9(10)7-6-8-4-2-3-5-8/h2-8H,1H3/b7-6-. The largest absolute Gasteiger partial charge is 0.466 e. The van der Waals surface area contributed by atoms with Crippen LogP contribution in [0.3, 0.4) is 0 Å². The number of hydrogen-bond donors (Lipinski definition) is 0. The van der Waals surface area contributed by atoms with Crippen LogP contribution < -0.4 is 0 Å². The van der Waals surface area contributed by atoms with Crippen molar-refractivity contribution in [1.82, 2.24) is 0 Å². The van der Waals surface area contributed by atoms with Gasteiger partial charge in [0.15, 0.2) is 0 Å². The fourth-order valence-electron chi connectivity index (χ4n) is 0.835. The number of esters is 1. The molecule has 0 aliphatic heterocycles. The SMILES string of the molecule is COC(=O)/C=C\C1C=CC=C1. The van der Waals surface area contributed by atoms with Crippen LogP contribution in [-0.2, 0) is 9.53 Å². The summed E-state index contributed by atoms with van der Waals surface area (Å²) in [5.41, 5.74) is 0. The fraction of sp³-hybridized carbons (Fsp3) is 0.222. The lowest BCUT2D eigenvalue weighted by atomic mass is 10.1. The molecule has 0 radical (unpaired) electrons. The molecule has 0 aromatic carbocycles. The van der Waals surface area contributed by atoms with E-state index in [-0.39, 0.29) is 11.9 Å². The van der Waals surface area contributed by atoms with Crippen molar-refractivity contribution in [2.75, 3.05) is 7.11 Å². The summed E-state index contributed by atoms with van der Waals surface area (Å²) in [5.74, 6) is -0.0483. The maximum Gasteiger partial charge on any atom is 0.330 e. The van der Waals surface area contributed by atoms with E-state index in [0.717, 1.165) is 0 Å². The molecular formula is C9H10O2. The Morgan fingerprint density at radius 2 is 2.09 bits per heavy atom. The Balaban J connectivity index is 2.41. The summed E-state index contributed by atoms with van der Waals surface area (Å²) in [6, 6.07) is 0. The van der Waals surface area contributed by atoms with E-state index in [1.54, 1.807) is 6.08 Å². The van der Waals surface area contributed by atoms with E-state index in [0.29, 0.717) is 0 Å². The van der Waals surface area contributed by atoms with Gasteiger partial charge in [0.05, 0.1) is 7.11 Å². The van der Waals surface area contributed by atoms with E-state index in [2.05, 4.69) is 4.74 Å². The van der Waals surface area contributed by atoms with Crippen LogP contribution in [0.25, 0.3) is 0 Å². The Bertz CT molecular complexity index is 212. The number of allylic oxidation sites excluding steroid dienone is 5. The first-order chi connectivity index (χ1) is 5.33. The molecule has 0 amide bonds. The highest BCUT2D eigenvalue weighted by atomic mass is 16.5. The number of methoxy groups -OCH3 is 1. The van der Waals surface area contributed by atoms with Gasteiger partial charge < -0.3 is 4.74 Å². The molecule has 0 spiro atoms. The average molecular weight is 150 g/mol. The molecule has 2 nitrogen and oxygen atoms in total. The second-order valence-corrected chi connectivity index (χ2v) is 2.23. The predicted octanol–water partition coefficient (Wildman–Crippen LogP) is 1.46. The monoisotopic (exact) mass is 150 g/mol. The van der Waals surface area contributed by atoms with Crippen molar-refractivity contribution in [2.24, 2.45) is 5.92 Å². The van der Waals surface area contributed by atoms with Gasteiger partial charge in [0.25, 0.3) is 0 Å². The fourth-order valence-corrected chi connectivity index (χ4v) is 0.835. The van der Waals surface area contributed by atoms with Gasteiger partial charge in [0.2, 0.25) is 0 Å². The van der Waals surface area contributed by atoms with Gasteiger partial charge in [-0.1, -0.05) is 30.4 Å². The van der Waals surface area contributed by atoms with Gasteiger partial charge >= 0.3 is 5.97 Å². The zero-order valence-electron chi connectivity index (χ0n) is 6.36. The number of hydrogen-bond acceptors (Lipinski definition) is 2. The lowest BCUT2D eigenvalue weighted by Gasteiger charge is -1.93. The first kappa shape index (κ1) is 7.79. The molecule has 1 aliphatic carbocycles. The van der Waals surface area contributed by atoms with E-state index in [4.69, 9.17) is 0 Å². The smallest absolute Gasteiger partial charge is 0.330 e. The molecule has 2 heteroatoms. The van der Waals surface area contributed by atoms with E-state index in [1.165, 1.54) is 13.2 Å². The molecule has 0 saturated heterocycles. The van der Waals surface area contributed by atoms with Crippen molar-refractivity contribution in [1.29, 1.82) is 0 Å². The zero-order chi connectivity index (χ0) is 8.10. The summed E-state index contributed by atoms with van der Waals surface area (Å²) in [7, 11) is 1.37. The Kier molecular flexibility index (Phi) is 2.66. The van der Waals surface area contributed by atoms with Crippen LogP contribution in [0.1, 0.15) is 0 Å². The second kappa shape index (κ2) is 3.76. The molecule has 0 bridgehead atoms. The minimum atomic E-state index is -0.307. The highest BCUT2D eigenvalue weighted by Gasteiger charge is 1.98. The maximum absolute atomic E-state index is 10.6. The van der Waals surface area contributed by atoms with E-state index in [1.807, 2.05) is 24.3 Å². The van der Waals surface area contributed by atoms with Gasteiger partial charge in [-0.3, -0.25) is 0 Å². The Hall–Kier alpha value is -1.31. The minimum absolute atomic E-state index is 0.258. The highest BCUT2D eigenvalue weighted by Crippen LogP contribution is 2.09. The molecular weight excluding hydrogens is 140 g/mol. The molecule has 1 aliphatic rings. The normalized spacial score (nSPS) is 16.5. The molecule has 11 heavy (non-hydrogen) atoms. The summed E-state index contributed by atoms with van der Waals surface area (Å²) in [6.45, 7) is 0. The molecule has 0 fully saturated rings. The van der Waals surface area contributed by atoms with Crippen LogP contribution in [0.2, 0.25) is 0 Å². The number of ether oxygens (including phenoxy) is 1. The third kappa shape index (κ3) is 2.42. The summed E-state index contributed by atoms with van der Waals surface area (Å²) < 4.78 is 4.44. The summed E-state index contributed by atoms with van der Waals surface area (Å²) in [6.07, 6.45) is 11.1. The predicted molar refractivity (Wildman–Crippen MR) is 42.9 cm³/mol. The van der Waals surface area contributed by atoms with Crippen LogP contribution in [0, 0.1) is 5.92 Å². The molecule has 0 aromatic heterocycles. The first-order valence-electron chi connectivity index (χ1n) is 3.44. The molecule has 58 valence electrons. The van der Waals surface area contributed by atoms with Crippen molar-refractivity contribution < 1.29 is 9.53 Å². The Morgan fingerprint density at radius 1 is 1.45 bits per heavy atom. The van der Waals surface area contributed by atoms with Crippen molar-refractivity contribution in [3.8, 4) is 0 Å². The average Bonchev–Trinajstić information content (AvgIpc) is 2.52. The molecule has 0 saturated carbocycles. The lowest BCUT2D eigenvalue weighted by molar-refractivity contribution is -0.134. The number of carbonyl (C=O) groups excluding carboxylic acids is 1. The van der Waals surface area contributed by atoms with E-state index in [9.17, 15) is 4.79 Å². The topological polar surface area (TPSA) is 26.3 Å². The highest BCUT2D eigenvalue weighted by molar-refractivity contribution is 5.81. The quantitative estimate of drug-likeness (QED) is 0.440. The summed E-state index contributed by atoms with van der Waals surface area (Å²) in [4.78, 5) is 10.6. The number of carbonyl (C=O) groups is 1. The van der Waals surface area contributed by atoms with Crippen LogP contribution in [0.5, 0.6) is 0 Å². The van der Waals surface area contributed by atoms with Crippen LogP contribution in [0.15, 0.2) is 36.5 Å². The van der Waals surface area contributed by atoms with Crippen molar-refractivity contribution >= 4 is 5.97 Å². The molecule has 0 aromatic rings. The molecule has 0 heterocycles. The van der Waals surface area contributed by atoms with Gasteiger partial charge in [0, 0.05) is 12.0 Å². The van der Waals surface area contributed by atoms with Gasteiger partial charge in [-0.2, -0.15) is 0 Å². The van der Waals surface area contributed by atoms with Gasteiger partial charge in [-0.05, 0) is 0 Å². The molecule has 0 unspecified atom stereocenters. The third-order valence-corrected chi connectivity index (χ3v) is 1.43. The molecule has 0 atom stereocenters. The summed E-state index contributed by atoms with van der Waals surface area (Å²) >= 11 is 0. The lowest BCUT2D eigenvalue weighted by Crippen LogP contribution is -1.95. The molecule has 0 N–H and O–H groups in total. The third-order valence-electron chi connectivity index (χ3n) is 1.43. The van der Waals surface area contributed by atoms with Crippen LogP contribution in [0.4, 0.5) is 0 Å². The maximum atomic E-state index is 10.6. The van der Waals surface area contributed by atoms with E-state index >= 15 is 0 Å². The van der Waals surface area contributed by atoms with Gasteiger partial charge in [-0.15, -0.1) is 0 Å². The Labute approximate surface area is 65.9 Å². The molecule has 1 rings (SSSR count). The summed E-state index contributed by atoms with van der Waals surface area (Å²) in [5, 5.41) is 0. The van der Waals surface area contributed by atoms with Crippen molar-refractivity contribution in [2.45, 2.75) is 0 Å². The van der Waals surface area contributed by atoms with Gasteiger partial charge in [-0.25, -0.2) is 4.79 Å². The first-order valence-corrected chi connectivity index (χ1v) is 3.44. The van der Waals surface area contributed by atoms with Crippen molar-refractivity contribution in [3.05, 3.63) is 36.5 Å². The van der Waals surface area contributed by atoms with Crippen molar-refractivity contribution in [3.63, 3.8) is 0 Å².